The van der Waals surface area contributed by atoms with E-state index in [1.54, 1.807) is 7.11 Å². The number of benzene rings is 1. The third kappa shape index (κ3) is 1.65. The van der Waals surface area contributed by atoms with Gasteiger partial charge in [-0.25, -0.2) is 0 Å². The fourth-order valence-corrected chi connectivity index (χ4v) is 2.12. The Labute approximate surface area is 83.9 Å². The summed E-state index contributed by atoms with van der Waals surface area (Å²) in [5.41, 5.74) is 2.72. The largest absolute Gasteiger partial charge is 0.497 e. The van der Waals surface area contributed by atoms with E-state index in [0.29, 0.717) is 12.3 Å². The Hall–Kier alpha value is -1.31. The molecular formula is C12H14O2. The summed E-state index contributed by atoms with van der Waals surface area (Å²) in [6.07, 6.45) is 3.76. The lowest BCUT2D eigenvalue weighted by molar-refractivity contribution is -0.108. The fourth-order valence-electron chi connectivity index (χ4n) is 2.12. The standard InChI is InChI=1S/C12H14O2/c1-14-12-3-2-10-6-9(4-5-13)7-11(10)8-12/h2-3,5,8-9H,4,6-7H2,1H3. The van der Waals surface area contributed by atoms with Crippen LogP contribution in [0.25, 0.3) is 0 Å². The van der Waals surface area contributed by atoms with Gasteiger partial charge in [0.15, 0.2) is 0 Å². The van der Waals surface area contributed by atoms with Crippen LogP contribution in [0, 0.1) is 5.92 Å². The van der Waals surface area contributed by atoms with Crippen LogP contribution in [-0.2, 0) is 17.6 Å². The minimum atomic E-state index is 0.509. The third-order valence-corrected chi connectivity index (χ3v) is 2.86. The van der Waals surface area contributed by atoms with Crippen LogP contribution in [0.15, 0.2) is 18.2 Å². The van der Waals surface area contributed by atoms with E-state index in [0.717, 1.165) is 24.9 Å². The number of hydrogen-bond acceptors (Lipinski definition) is 2. The van der Waals surface area contributed by atoms with Crippen molar-refractivity contribution in [2.45, 2.75) is 19.3 Å². The predicted molar refractivity (Wildman–Crippen MR) is 54.6 cm³/mol. The molecule has 0 amide bonds. The second-order valence-corrected chi connectivity index (χ2v) is 3.81. The molecule has 0 radical (unpaired) electrons. The van der Waals surface area contributed by atoms with Gasteiger partial charge >= 0.3 is 0 Å². The van der Waals surface area contributed by atoms with Crippen molar-refractivity contribution in [2.75, 3.05) is 7.11 Å². The number of carbonyl (C=O) groups excluding carboxylic acids is 1. The fraction of sp³-hybridized carbons (Fsp3) is 0.417. The van der Waals surface area contributed by atoms with E-state index in [2.05, 4.69) is 12.1 Å². The molecule has 0 aliphatic heterocycles. The van der Waals surface area contributed by atoms with Gasteiger partial charge in [0.1, 0.15) is 12.0 Å². The number of carbonyl (C=O) groups is 1. The Bertz CT molecular complexity index is 344. The summed E-state index contributed by atoms with van der Waals surface area (Å²) in [5, 5.41) is 0. The molecule has 1 unspecified atom stereocenters. The molecule has 1 atom stereocenters. The van der Waals surface area contributed by atoms with Gasteiger partial charge in [0.25, 0.3) is 0 Å². The minimum Gasteiger partial charge on any atom is -0.497 e. The topological polar surface area (TPSA) is 26.3 Å². The summed E-state index contributed by atoms with van der Waals surface area (Å²) in [6, 6.07) is 6.18. The van der Waals surface area contributed by atoms with Gasteiger partial charge in [0.05, 0.1) is 7.11 Å². The van der Waals surface area contributed by atoms with Crippen molar-refractivity contribution in [2.24, 2.45) is 5.92 Å². The highest BCUT2D eigenvalue weighted by Gasteiger charge is 2.21. The zero-order valence-electron chi connectivity index (χ0n) is 8.32. The summed E-state index contributed by atoms with van der Waals surface area (Å²) >= 11 is 0. The number of hydrogen-bond donors (Lipinski definition) is 0. The first-order valence-corrected chi connectivity index (χ1v) is 4.93. The molecule has 0 heterocycles. The average molecular weight is 190 g/mol. The van der Waals surface area contributed by atoms with Crippen molar-refractivity contribution in [3.8, 4) is 5.75 Å². The van der Waals surface area contributed by atoms with Gasteiger partial charge in [-0.15, -0.1) is 0 Å². The molecule has 2 heteroatoms. The Morgan fingerprint density at radius 2 is 2.21 bits per heavy atom. The van der Waals surface area contributed by atoms with Crippen LogP contribution >= 0.6 is 0 Å². The van der Waals surface area contributed by atoms with Crippen molar-refractivity contribution in [1.82, 2.24) is 0 Å². The maximum atomic E-state index is 10.4. The minimum absolute atomic E-state index is 0.509. The van der Waals surface area contributed by atoms with Crippen LogP contribution < -0.4 is 4.74 Å². The third-order valence-electron chi connectivity index (χ3n) is 2.86. The van der Waals surface area contributed by atoms with Crippen LogP contribution in [-0.4, -0.2) is 13.4 Å². The van der Waals surface area contributed by atoms with Gasteiger partial charge in [0, 0.05) is 6.42 Å². The second-order valence-electron chi connectivity index (χ2n) is 3.81. The van der Waals surface area contributed by atoms with E-state index in [4.69, 9.17) is 4.74 Å². The summed E-state index contributed by atoms with van der Waals surface area (Å²) in [4.78, 5) is 10.4. The predicted octanol–water partition coefficient (Wildman–Crippen LogP) is 2.00. The van der Waals surface area contributed by atoms with Crippen molar-refractivity contribution in [3.05, 3.63) is 29.3 Å². The zero-order valence-corrected chi connectivity index (χ0v) is 8.32. The summed E-state index contributed by atoms with van der Waals surface area (Å²) in [7, 11) is 1.68. The molecule has 0 saturated carbocycles. The van der Waals surface area contributed by atoms with E-state index in [1.807, 2.05) is 6.07 Å². The number of fused-ring (bicyclic) bond motifs is 1. The van der Waals surface area contributed by atoms with Gasteiger partial charge in [-0.3, -0.25) is 0 Å². The Kier molecular flexibility index (Phi) is 2.53. The summed E-state index contributed by atoms with van der Waals surface area (Å²) < 4.78 is 5.17. The molecule has 14 heavy (non-hydrogen) atoms. The van der Waals surface area contributed by atoms with E-state index in [1.165, 1.54) is 11.1 Å². The summed E-state index contributed by atoms with van der Waals surface area (Å²) in [5.74, 6) is 1.42. The molecular weight excluding hydrogens is 176 g/mol. The van der Waals surface area contributed by atoms with Crippen molar-refractivity contribution >= 4 is 6.29 Å². The molecule has 2 rings (SSSR count). The molecule has 1 aliphatic rings. The molecule has 1 aromatic rings. The molecule has 0 bridgehead atoms. The molecule has 1 aromatic carbocycles. The first-order chi connectivity index (χ1) is 6.83. The molecule has 0 aromatic heterocycles. The molecule has 0 N–H and O–H groups in total. The summed E-state index contributed by atoms with van der Waals surface area (Å²) in [6.45, 7) is 0. The van der Waals surface area contributed by atoms with E-state index in [9.17, 15) is 4.79 Å². The molecule has 0 saturated heterocycles. The highest BCUT2D eigenvalue weighted by atomic mass is 16.5. The quantitative estimate of drug-likeness (QED) is 0.681. The maximum Gasteiger partial charge on any atom is 0.120 e. The van der Waals surface area contributed by atoms with E-state index >= 15 is 0 Å². The number of ether oxygens (including phenoxy) is 1. The number of methoxy groups -OCH3 is 1. The lowest BCUT2D eigenvalue weighted by Gasteiger charge is -2.02. The van der Waals surface area contributed by atoms with Gasteiger partial charge in [0.2, 0.25) is 0 Å². The Morgan fingerprint density at radius 1 is 1.43 bits per heavy atom. The Morgan fingerprint density at radius 3 is 2.93 bits per heavy atom. The van der Waals surface area contributed by atoms with Gasteiger partial charge < -0.3 is 9.53 Å². The highest BCUT2D eigenvalue weighted by molar-refractivity contribution is 5.51. The number of rotatable bonds is 3. The molecule has 0 spiro atoms. The zero-order chi connectivity index (χ0) is 9.97. The van der Waals surface area contributed by atoms with Gasteiger partial charge in [-0.05, 0) is 42.0 Å². The highest BCUT2D eigenvalue weighted by Crippen LogP contribution is 2.30. The monoisotopic (exact) mass is 190 g/mol. The van der Waals surface area contributed by atoms with Crippen LogP contribution in [0.2, 0.25) is 0 Å². The van der Waals surface area contributed by atoms with E-state index in [-0.39, 0.29) is 0 Å². The van der Waals surface area contributed by atoms with Crippen LogP contribution in [0.1, 0.15) is 17.5 Å². The average Bonchev–Trinajstić information content (AvgIpc) is 2.59. The molecule has 2 nitrogen and oxygen atoms in total. The van der Waals surface area contributed by atoms with Gasteiger partial charge in [-0.1, -0.05) is 6.07 Å². The smallest absolute Gasteiger partial charge is 0.120 e. The molecule has 74 valence electrons. The normalized spacial score (nSPS) is 19.1. The number of aldehydes is 1. The molecule has 1 aliphatic carbocycles. The van der Waals surface area contributed by atoms with Crippen molar-refractivity contribution < 1.29 is 9.53 Å². The van der Waals surface area contributed by atoms with Crippen LogP contribution in [0.4, 0.5) is 0 Å². The molecule has 0 fully saturated rings. The van der Waals surface area contributed by atoms with Crippen molar-refractivity contribution in [1.29, 1.82) is 0 Å². The van der Waals surface area contributed by atoms with Crippen LogP contribution in [0.3, 0.4) is 0 Å². The maximum absolute atomic E-state index is 10.4. The Balaban J connectivity index is 2.18. The van der Waals surface area contributed by atoms with E-state index < -0.39 is 0 Å². The lowest BCUT2D eigenvalue weighted by Crippen LogP contribution is -1.99. The first-order valence-electron chi connectivity index (χ1n) is 4.93. The van der Waals surface area contributed by atoms with Gasteiger partial charge in [-0.2, -0.15) is 0 Å². The van der Waals surface area contributed by atoms with Crippen molar-refractivity contribution in [3.63, 3.8) is 0 Å². The van der Waals surface area contributed by atoms with Crippen LogP contribution in [0.5, 0.6) is 5.75 Å². The SMILES string of the molecule is COc1ccc2c(c1)CC(CC=O)C2. The lowest BCUT2D eigenvalue weighted by atomic mass is 10.0. The second kappa shape index (κ2) is 3.82. The first kappa shape index (κ1) is 9.25.